The molecule has 0 aromatic carbocycles. The maximum atomic E-state index is 5.75. The average molecular weight is 250 g/mol. The molecular formula is C10H8BrN3. The lowest BCUT2D eigenvalue weighted by Gasteiger charge is -2.03. The van der Waals surface area contributed by atoms with Crippen molar-refractivity contribution >= 4 is 21.7 Å². The van der Waals surface area contributed by atoms with E-state index in [-0.39, 0.29) is 0 Å². The van der Waals surface area contributed by atoms with Crippen LogP contribution in [0.15, 0.2) is 41.3 Å². The van der Waals surface area contributed by atoms with Crippen LogP contribution in [0.2, 0.25) is 0 Å². The van der Waals surface area contributed by atoms with Crippen molar-refractivity contribution in [3.05, 3.63) is 41.3 Å². The lowest BCUT2D eigenvalue weighted by atomic mass is 10.1. The molecule has 70 valence electrons. The molecule has 0 aliphatic carbocycles. The largest absolute Gasteiger partial charge is 0.383 e. The third kappa shape index (κ3) is 1.75. The number of pyridine rings is 2. The van der Waals surface area contributed by atoms with E-state index in [1.807, 2.05) is 18.2 Å². The number of hydrogen-bond acceptors (Lipinski definition) is 3. The summed E-state index contributed by atoms with van der Waals surface area (Å²) in [6.07, 6.45) is 5.17. The molecule has 0 spiro atoms. The molecule has 0 amide bonds. The van der Waals surface area contributed by atoms with Gasteiger partial charge in [-0.3, -0.25) is 4.98 Å². The van der Waals surface area contributed by atoms with Crippen LogP contribution < -0.4 is 5.73 Å². The lowest BCUT2D eigenvalue weighted by Crippen LogP contribution is -1.93. The number of halogens is 1. The van der Waals surface area contributed by atoms with Gasteiger partial charge in [0.15, 0.2) is 0 Å². The average Bonchev–Trinajstić information content (AvgIpc) is 2.18. The number of nitrogen functional groups attached to an aromatic ring is 1. The number of hydrogen-bond donors (Lipinski definition) is 1. The van der Waals surface area contributed by atoms with Gasteiger partial charge in [0.1, 0.15) is 5.82 Å². The predicted octanol–water partition coefficient (Wildman–Crippen LogP) is 2.49. The van der Waals surface area contributed by atoms with Crippen LogP contribution in [0.3, 0.4) is 0 Å². The van der Waals surface area contributed by atoms with E-state index in [0.29, 0.717) is 5.82 Å². The molecule has 0 unspecified atom stereocenters. The van der Waals surface area contributed by atoms with Crippen LogP contribution in [0, 0.1) is 0 Å². The van der Waals surface area contributed by atoms with Gasteiger partial charge in [0.2, 0.25) is 0 Å². The Morgan fingerprint density at radius 3 is 2.86 bits per heavy atom. The predicted molar refractivity (Wildman–Crippen MR) is 59.6 cm³/mol. The molecule has 2 heterocycles. The van der Waals surface area contributed by atoms with Crippen LogP contribution in [-0.2, 0) is 0 Å². The summed E-state index contributed by atoms with van der Waals surface area (Å²) in [4.78, 5) is 8.09. The maximum Gasteiger partial charge on any atom is 0.131 e. The molecule has 3 nitrogen and oxygen atoms in total. The van der Waals surface area contributed by atoms with E-state index in [2.05, 4.69) is 25.9 Å². The molecular weight excluding hydrogens is 242 g/mol. The van der Waals surface area contributed by atoms with Gasteiger partial charge < -0.3 is 5.73 Å². The van der Waals surface area contributed by atoms with E-state index in [1.54, 1.807) is 18.6 Å². The molecule has 0 aliphatic rings. The van der Waals surface area contributed by atoms with Crippen LogP contribution in [0.25, 0.3) is 11.1 Å². The number of aromatic nitrogens is 2. The van der Waals surface area contributed by atoms with E-state index in [0.717, 1.165) is 15.6 Å². The summed E-state index contributed by atoms with van der Waals surface area (Å²) < 4.78 is 0.929. The summed E-state index contributed by atoms with van der Waals surface area (Å²) in [5.74, 6) is 0.521. The summed E-state index contributed by atoms with van der Waals surface area (Å²) in [5.41, 5.74) is 7.62. The molecule has 0 aliphatic heterocycles. The fourth-order valence-corrected chi connectivity index (χ4v) is 1.59. The van der Waals surface area contributed by atoms with Gasteiger partial charge in [0.05, 0.1) is 0 Å². The molecule has 4 heteroatoms. The highest BCUT2D eigenvalue weighted by Crippen LogP contribution is 2.24. The van der Waals surface area contributed by atoms with Crippen LogP contribution >= 0.6 is 15.9 Å². The maximum absolute atomic E-state index is 5.75. The van der Waals surface area contributed by atoms with E-state index in [1.165, 1.54) is 0 Å². The molecule has 14 heavy (non-hydrogen) atoms. The van der Waals surface area contributed by atoms with Crippen molar-refractivity contribution < 1.29 is 0 Å². The SMILES string of the molecule is Nc1ncccc1-c1cncc(Br)c1. The first-order chi connectivity index (χ1) is 6.77. The first-order valence-corrected chi connectivity index (χ1v) is 4.88. The third-order valence-electron chi connectivity index (χ3n) is 1.85. The lowest BCUT2D eigenvalue weighted by molar-refractivity contribution is 1.29. The van der Waals surface area contributed by atoms with Crippen molar-refractivity contribution in [3.8, 4) is 11.1 Å². The molecule has 0 fully saturated rings. The van der Waals surface area contributed by atoms with E-state index in [9.17, 15) is 0 Å². The molecule has 2 aromatic rings. The Morgan fingerprint density at radius 2 is 2.14 bits per heavy atom. The Bertz CT molecular complexity index is 457. The highest BCUT2D eigenvalue weighted by atomic mass is 79.9. The van der Waals surface area contributed by atoms with Crippen molar-refractivity contribution in [3.63, 3.8) is 0 Å². The van der Waals surface area contributed by atoms with Crippen molar-refractivity contribution in [2.45, 2.75) is 0 Å². The zero-order valence-corrected chi connectivity index (χ0v) is 8.90. The topological polar surface area (TPSA) is 51.8 Å². The Morgan fingerprint density at radius 1 is 1.29 bits per heavy atom. The van der Waals surface area contributed by atoms with Gasteiger partial charge in [-0.1, -0.05) is 0 Å². The van der Waals surface area contributed by atoms with Gasteiger partial charge in [0, 0.05) is 34.2 Å². The minimum atomic E-state index is 0.521. The highest BCUT2D eigenvalue weighted by molar-refractivity contribution is 9.10. The monoisotopic (exact) mass is 249 g/mol. The summed E-state index contributed by atoms with van der Waals surface area (Å²) in [6, 6.07) is 5.73. The quantitative estimate of drug-likeness (QED) is 0.845. The second kappa shape index (κ2) is 3.75. The first kappa shape index (κ1) is 9.15. The number of rotatable bonds is 1. The van der Waals surface area contributed by atoms with E-state index < -0.39 is 0 Å². The van der Waals surface area contributed by atoms with Crippen molar-refractivity contribution in [2.75, 3.05) is 5.73 Å². The second-order valence-corrected chi connectivity index (χ2v) is 3.74. The van der Waals surface area contributed by atoms with Gasteiger partial charge in [0.25, 0.3) is 0 Å². The smallest absolute Gasteiger partial charge is 0.131 e. The molecule has 0 atom stereocenters. The van der Waals surface area contributed by atoms with Crippen molar-refractivity contribution in [1.82, 2.24) is 9.97 Å². The molecule has 0 bridgehead atoms. The zero-order valence-electron chi connectivity index (χ0n) is 7.31. The number of anilines is 1. The first-order valence-electron chi connectivity index (χ1n) is 4.09. The van der Waals surface area contributed by atoms with Gasteiger partial charge in [-0.15, -0.1) is 0 Å². The zero-order chi connectivity index (χ0) is 9.97. The van der Waals surface area contributed by atoms with E-state index in [4.69, 9.17) is 5.73 Å². The molecule has 2 aromatic heterocycles. The summed E-state index contributed by atoms with van der Waals surface area (Å²) in [7, 11) is 0. The van der Waals surface area contributed by atoms with Gasteiger partial charge >= 0.3 is 0 Å². The Kier molecular flexibility index (Phi) is 2.45. The summed E-state index contributed by atoms with van der Waals surface area (Å²) in [5, 5.41) is 0. The Hall–Kier alpha value is -1.42. The number of nitrogens with zero attached hydrogens (tertiary/aromatic N) is 2. The highest BCUT2D eigenvalue weighted by Gasteiger charge is 2.02. The molecule has 2 N–H and O–H groups in total. The molecule has 0 saturated heterocycles. The Balaban J connectivity index is 2.55. The van der Waals surface area contributed by atoms with Crippen LogP contribution in [0.4, 0.5) is 5.82 Å². The Labute approximate surface area is 90.1 Å². The second-order valence-electron chi connectivity index (χ2n) is 2.83. The molecule has 0 saturated carbocycles. The fraction of sp³-hybridized carbons (Fsp3) is 0. The van der Waals surface area contributed by atoms with E-state index >= 15 is 0 Å². The van der Waals surface area contributed by atoms with Crippen LogP contribution in [-0.4, -0.2) is 9.97 Å². The van der Waals surface area contributed by atoms with Crippen molar-refractivity contribution in [1.29, 1.82) is 0 Å². The van der Waals surface area contributed by atoms with Gasteiger partial charge in [-0.05, 0) is 34.1 Å². The summed E-state index contributed by atoms with van der Waals surface area (Å²) in [6.45, 7) is 0. The minimum Gasteiger partial charge on any atom is -0.383 e. The third-order valence-corrected chi connectivity index (χ3v) is 2.29. The van der Waals surface area contributed by atoms with Crippen LogP contribution in [0.1, 0.15) is 0 Å². The van der Waals surface area contributed by atoms with Crippen LogP contribution in [0.5, 0.6) is 0 Å². The van der Waals surface area contributed by atoms with Gasteiger partial charge in [-0.25, -0.2) is 4.98 Å². The fourth-order valence-electron chi connectivity index (χ4n) is 1.22. The van der Waals surface area contributed by atoms with Crippen molar-refractivity contribution in [2.24, 2.45) is 0 Å². The number of nitrogens with two attached hydrogens (primary N) is 1. The van der Waals surface area contributed by atoms with Gasteiger partial charge in [-0.2, -0.15) is 0 Å². The minimum absolute atomic E-state index is 0.521. The molecule has 2 rings (SSSR count). The normalized spacial score (nSPS) is 10.1. The molecule has 0 radical (unpaired) electrons. The standard InChI is InChI=1S/C10H8BrN3/c11-8-4-7(5-13-6-8)9-2-1-3-14-10(9)12/h1-6H,(H2,12,14). The summed E-state index contributed by atoms with van der Waals surface area (Å²) >= 11 is 3.36.